The number of nitrogens with zero attached hydrogens (tertiary/aromatic N) is 1. The maximum atomic E-state index is 13.3. The molecule has 0 radical (unpaired) electrons. The molecule has 1 saturated heterocycles. The van der Waals surface area contributed by atoms with E-state index in [0.717, 1.165) is 30.7 Å². The third-order valence-corrected chi connectivity index (χ3v) is 10.6. The number of carbonyl (C=O) groups excluding carboxylic acids is 1. The van der Waals surface area contributed by atoms with E-state index < -0.39 is 10.0 Å². The molecule has 2 aromatic carbocycles. The van der Waals surface area contributed by atoms with Gasteiger partial charge in [-0.1, -0.05) is 50.1 Å². The van der Waals surface area contributed by atoms with Crippen molar-refractivity contribution in [1.82, 2.24) is 14.9 Å². The fourth-order valence-corrected chi connectivity index (χ4v) is 7.64. The molecule has 0 aliphatic carbocycles. The quantitative estimate of drug-likeness (QED) is 0.271. The van der Waals surface area contributed by atoms with Crippen molar-refractivity contribution in [3.05, 3.63) is 82.2 Å². The average Bonchev–Trinajstić information content (AvgIpc) is 3.46. The van der Waals surface area contributed by atoms with Gasteiger partial charge >= 0.3 is 0 Å². The number of carbonyl (C=O) groups is 1. The zero-order valence-electron chi connectivity index (χ0n) is 22.8. The number of hydrogen-bond donors (Lipinski definition) is 2. The number of unbranched alkanes of at least 4 members (excludes halogenated alkanes) is 2. The normalized spacial score (nSPS) is 14.8. The Bertz CT molecular complexity index is 1310. The summed E-state index contributed by atoms with van der Waals surface area (Å²) in [6.45, 7) is 4.28. The van der Waals surface area contributed by atoms with Crippen molar-refractivity contribution in [3.63, 3.8) is 0 Å². The third kappa shape index (κ3) is 8.14. The van der Waals surface area contributed by atoms with Gasteiger partial charge in [0, 0.05) is 36.1 Å². The Morgan fingerprint density at radius 1 is 1.00 bits per heavy atom. The van der Waals surface area contributed by atoms with Crippen LogP contribution in [0.15, 0.2) is 64.9 Å². The first-order valence-electron chi connectivity index (χ1n) is 13.7. The van der Waals surface area contributed by atoms with Crippen molar-refractivity contribution in [3.8, 4) is 5.75 Å². The highest BCUT2D eigenvalue weighted by Gasteiger charge is 2.30. The molecule has 3 aromatic rings. The summed E-state index contributed by atoms with van der Waals surface area (Å²) in [6.07, 6.45) is 6.45. The predicted molar refractivity (Wildman–Crippen MR) is 157 cm³/mol. The van der Waals surface area contributed by atoms with Gasteiger partial charge in [-0.2, -0.15) is 4.31 Å². The molecule has 7 nitrogen and oxygen atoms in total. The number of methoxy groups -OCH3 is 1. The molecule has 1 amide bonds. The third-order valence-electron chi connectivity index (χ3n) is 7.13. The molecule has 4 rings (SSSR count). The molecule has 0 bridgehead atoms. The summed E-state index contributed by atoms with van der Waals surface area (Å²) in [5.74, 6) is 0.377. The summed E-state index contributed by atoms with van der Waals surface area (Å²) in [5, 5.41) is 6.46. The van der Waals surface area contributed by atoms with Crippen LogP contribution in [0.2, 0.25) is 0 Å². The number of nitrogens with one attached hydrogen (secondary N) is 2. The molecule has 39 heavy (non-hydrogen) atoms. The summed E-state index contributed by atoms with van der Waals surface area (Å²) in [4.78, 5) is 13.3. The maximum absolute atomic E-state index is 13.3. The molecule has 0 saturated carbocycles. The first kappa shape index (κ1) is 29.3. The molecule has 1 fully saturated rings. The minimum Gasteiger partial charge on any atom is -0.497 e. The largest absolute Gasteiger partial charge is 0.497 e. The highest BCUT2D eigenvalue weighted by atomic mass is 32.2. The van der Waals surface area contributed by atoms with Crippen molar-refractivity contribution < 1.29 is 17.9 Å². The number of sulfonamides is 1. The second-order valence-electron chi connectivity index (χ2n) is 9.97. The number of hydrogen-bond acceptors (Lipinski definition) is 6. The number of ether oxygens (including phenoxy) is 1. The van der Waals surface area contributed by atoms with Crippen LogP contribution in [0, 0.1) is 0 Å². The molecule has 1 aliphatic heterocycles. The van der Waals surface area contributed by atoms with E-state index in [2.05, 4.69) is 41.8 Å². The SMILES string of the molecule is CCCCCc1ccc(CNC2CCN(S(=O)(=O)c3ccc(CNC(=O)c4cccc(OC)c4)s3)CC2)cc1. The van der Waals surface area contributed by atoms with Crippen molar-refractivity contribution in [2.45, 2.75) is 68.8 Å². The van der Waals surface area contributed by atoms with Gasteiger partial charge in [0.25, 0.3) is 15.9 Å². The van der Waals surface area contributed by atoms with Gasteiger partial charge in [-0.05, 0) is 67.1 Å². The Labute approximate surface area is 236 Å². The summed E-state index contributed by atoms with van der Waals surface area (Å²) in [5.41, 5.74) is 3.14. The van der Waals surface area contributed by atoms with Crippen LogP contribution in [0.5, 0.6) is 5.75 Å². The number of amides is 1. The summed E-state index contributed by atoms with van der Waals surface area (Å²) in [6, 6.07) is 19.5. The molecule has 0 unspecified atom stereocenters. The van der Waals surface area contributed by atoms with E-state index in [1.165, 1.54) is 41.7 Å². The number of rotatable bonds is 13. The van der Waals surface area contributed by atoms with Crippen LogP contribution in [0.1, 0.15) is 65.4 Å². The minimum absolute atomic E-state index is 0.232. The maximum Gasteiger partial charge on any atom is 0.252 e. The summed E-state index contributed by atoms with van der Waals surface area (Å²) >= 11 is 1.21. The van der Waals surface area contributed by atoms with Crippen molar-refractivity contribution in [2.75, 3.05) is 20.2 Å². The Hall–Kier alpha value is -2.72. The van der Waals surface area contributed by atoms with Gasteiger partial charge in [0.2, 0.25) is 0 Å². The highest BCUT2D eigenvalue weighted by molar-refractivity contribution is 7.91. The van der Waals surface area contributed by atoms with Crippen LogP contribution in [0.25, 0.3) is 0 Å². The number of piperidine rings is 1. The van der Waals surface area contributed by atoms with E-state index in [1.54, 1.807) is 47.8 Å². The minimum atomic E-state index is -3.55. The van der Waals surface area contributed by atoms with E-state index in [0.29, 0.717) is 34.7 Å². The zero-order chi connectivity index (χ0) is 27.7. The average molecular weight is 570 g/mol. The first-order valence-corrected chi connectivity index (χ1v) is 16.0. The second-order valence-corrected chi connectivity index (χ2v) is 13.3. The molecular formula is C30H39N3O4S2. The molecule has 1 aromatic heterocycles. The Morgan fingerprint density at radius 3 is 2.46 bits per heavy atom. The summed E-state index contributed by atoms with van der Waals surface area (Å²) in [7, 11) is -2.00. The molecule has 2 heterocycles. The zero-order valence-corrected chi connectivity index (χ0v) is 24.5. The molecule has 9 heteroatoms. The highest BCUT2D eigenvalue weighted by Crippen LogP contribution is 2.27. The van der Waals surface area contributed by atoms with Gasteiger partial charge in [-0.25, -0.2) is 8.42 Å². The lowest BCUT2D eigenvalue weighted by Gasteiger charge is -2.31. The van der Waals surface area contributed by atoms with Crippen LogP contribution in [-0.2, 0) is 29.5 Å². The fourth-order valence-electron chi connectivity index (χ4n) is 4.72. The topological polar surface area (TPSA) is 87.7 Å². The van der Waals surface area contributed by atoms with Gasteiger partial charge in [0.05, 0.1) is 13.7 Å². The Balaban J connectivity index is 1.23. The standard InChI is InChI=1S/C30H39N3O4S2/c1-3-4-5-7-23-10-12-24(13-11-23)21-31-26-16-18-33(19-17-26)39(35,36)29-15-14-28(38-29)22-32-30(34)25-8-6-9-27(20-25)37-2/h6,8-15,20,26,31H,3-5,7,16-19,21-22H2,1-2H3,(H,32,34). The van der Waals surface area contributed by atoms with E-state index in [-0.39, 0.29) is 12.5 Å². The molecule has 0 atom stereocenters. The van der Waals surface area contributed by atoms with Crippen molar-refractivity contribution in [1.29, 1.82) is 0 Å². The monoisotopic (exact) mass is 569 g/mol. The van der Waals surface area contributed by atoms with Crippen molar-refractivity contribution in [2.24, 2.45) is 0 Å². The van der Waals surface area contributed by atoms with Gasteiger partial charge in [0.1, 0.15) is 9.96 Å². The van der Waals surface area contributed by atoms with E-state index in [1.807, 2.05) is 0 Å². The van der Waals surface area contributed by atoms with Crippen LogP contribution in [0.4, 0.5) is 0 Å². The molecule has 0 spiro atoms. The fraction of sp³-hybridized carbons (Fsp3) is 0.433. The van der Waals surface area contributed by atoms with E-state index >= 15 is 0 Å². The molecule has 210 valence electrons. The Kier molecular flexibility index (Phi) is 10.6. The van der Waals surface area contributed by atoms with Crippen LogP contribution < -0.4 is 15.4 Å². The van der Waals surface area contributed by atoms with Gasteiger partial charge in [-0.15, -0.1) is 11.3 Å². The lowest BCUT2D eigenvalue weighted by molar-refractivity contribution is 0.0951. The van der Waals surface area contributed by atoms with Gasteiger partial charge in [-0.3, -0.25) is 4.79 Å². The van der Waals surface area contributed by atoms with Crippen molar-refractivity contribution >= 4 is 27.3 Å². The first-order chi connectivity index (χ1) is 18.9. The molecular weight excluding hydrogens is 530 g/mol. The number of thiophene rings is 1. The predicted octanol–water partition coefficient (Wildman–Crippen LogP) is 5.36. The summed E-state index contributed by atoms with van der Waals surface area (Å²) < 4.78 is 33.6. The smallest absolute Gasteiger partial charge is 0.252 e. The number of aryl methyl sites for hydroxylation is 1. The lowest BCUT2D eigenvalue weighted by atomic mass is 10.0. The van der Waals surface area contributed by atoms with Crippen LogP contribution >= 0.6 is 11.3 Å². The van der Waals surface area contributed by atoms with Crippen LogP contribution in [0.3, 0.4) is 0 Å². The Morgan fingerprint density at radius 2 is 1.74 bits per heavy atom. The van der Waals surface area contributed by atoms with E-state index in [4.69, 9.17) is 4.74 Å². The van der Waals surface area contributed by atoms with Gasteiger partial charge < -0.3 is 15.4 Å². The second kappa shape index (κ2) is 14.1. The van der Waals surface area contributed by atoms with Crippen LogP contribution in [-0.4, -0.2) is 44.9 Å². The molecule has 2 N–H and O–H groups in total. The lowest BCUT2D eigenvalue weighted by Crippen LogP contribution is -2.44. The number of benzene rings is 2. The molecule has 1 aliphatic rings. The van der Waals surface area contributed by atoms with Gasteiger partial charge in [0.15, 0.2) is 0 Å². The van der Waals surface area contributed by atoms with E-state index in [9.17, 15) is 13.2 Å².